The first-order valence-electron chi connectivity index (χ1n) is 9.05. The van der Waals surface area contributed by atoms with Crippen molar-refractivity contribution in [3.63, 3.8) is 0 Å². The van der Waals surface area contributed by atoms with E-state index in [0.717, 1.165) is 49.2 Å². The van der Waals surface area contributed by atoms with Crippen molar-refractivity contribution in [2.45, 2.75) is 38.7 Å². The van der Waals surface area contributed by atoms with Gasteiger partial charge in [-0.2, -0.15) is 0 Å². The monoisotopic (exact) mass is 393 g/mol. The first-order valence-corrected chi connectivity index (χ1v) is 10.2. The highest BCUT2D eigenvalue weighted by atomic mass is 35.5. The molecule has 2 saturated heterocycles. The van der Waals surface area contributed by atoms with Crippen LogP contribution in [-0.4, -0.2) is 47.6 Å². The molecule has 2 aromatic rings. The fourth-order valence-corrected chi connectivity index (χ4v) is 5.33. The standard InChI is InChI=1S/C19H24ClN3O2S/c1-18(2)11-19(12-25-18)5-7-23(8-6-19)10-16(24)22-17-21-14-4-3-13(20)9-15(14)26-17/h3-4,9H,5-8,10-12H2,1-2H3,(H,21,22,24). The molecule has 7 heteroatoms. The Bertz CT molecular complexity index is 827. The molecule has 0 saturated carbocycles. The largest absolute Gasteiger partial charge is 0.375 e. The number of fused-ring (bicyclic) bond motifs is 1. The first-order chi connectivity index (χ1) is 12.3. The second kappa shape index (κ2) is 6.75. The van der Waals surface area contributed by atoms with Crippen molar-refractivity contribution in [2.75, 3.05) is 31.6 Å². The summed E-state index contributed by atoms with van der Waals surface area (Å²) in [6, 6.07) is 5.56. The summed E-state index contributed by atoms with van der Waals surface area (Å²) in [4.78, 5) is 19.1. The van der Waals surface area contributed by atoms with E-state index in [1.165, 1.54) is 11.3 Å². The van der Waals surface area contributed by atoms with Gasteiger partial charge in [-0.25, -0.2) is 4.98 Å². The number of benzene rings is 1. The van der Waals surface area contributed by atoms with Gasteiger partial charge in [0.05, 0.1) is 29.0 Å². The van der Waals surface area contributed by atoms with E-state index in [0.29, 0.717) is 22.1 Å². The molecule has 1 N–H and O–H groups in total. The van der Waals surface area contributed by atoms with Gasteiger partial charge in [-0.15, -0.1) is 0 Å². The number of rotatable bonds is 3. The maximum Gasteiger partial charge on any atom is 0.240 e. The summed E-state index contributed by atoms with van der Waals surface area (Å²) in [5, 5.41) is 4.24. The van der Waals surface area contributed by atoms with Crippen LogP contribution in [0.3, 0.4) is 0 Å². The van der Waals surface area contributed by atoms with Crippen molar-refractivity contribution in [3.05, 3.63) is 23.2 Å². The van der Waals surface area contributed by atoms with Crippen molar-refractivity contribution >= 4 is 44.2 Å². The van der Waals surface area contributed by atoms with Crippen LogP contribution in [0.5, 0.6) is 0 Å². The molecule has 3 heterocycles. The van der Waals surface area contributed by atoms with Crippen molar-refractivity contribution in [3.8, 4) is 0 Å². The highest BCUT2D eigenvalue weighted by molar-refractivity contribution is 7.22. The Balaban J connectivity index is 1.31. The van der Waals surface area contributed by atoms with Gasteiger partial charge in [-0.1, -0.05) is 22.9 Å². The maximum atomic E-state index is 12.4. The first kappa shape index (κ1) is 18.2. The molecule has 1 aromatic heterocycles. The van der Waals surface area contributed by atoms with E-state index in [1.807, 2.05) is 18.2 Å². The Morgan fingerprint density at radius 1 is 1.38 bits per heavy atom. The fraction of sp³-hybridized carbons (Fsp3) is 0.579. The quantitative estimate of drug-likeness (QED) is 0.850. The summed E-state index contributed by atoms with van der Waals surface area (Å²) in [6.45, 7) is 7.51. The van der Waals surface area contributed by atoms with Crippen LogP contribution < -0.4 is 5.32 Å². The van der Waals surface area contributed by atoms with Crippen LogP contribution in [0.4, 0.5) is 5.13 Å². The van der Waals surface area contributed by atoms with Crippen LogP contribution in [0.25, 0.3) is 10.2 Å². The van der Waals surface area contributed by atoms with Crippen LogP contribution >= 0.6 is 22.9 Å². The molecule has 5 nitrogen and oxygen atoms in total. The molecule has 0 atom stereocenters. The van der Waals surface area contributed by atoms with Crippen LogP contribution in [0.1, 0.15) is 33.1 Å². The van der Waals surface area contributed by atoms with Crippen molar-refractivity contribution in [1.82, 2.24) is 9.88 Å². The van der Waals surface area contributed by atoms with Crippen LogP contribution in [0, 0.1) is 5.41 Å². The Morgan fingerprint density at radius 3 is 2.85 bits per heavy atom. The lowest BCUT2D eigenvalue weighted by Gasteiger charge is -2.38. The van der Waals surface area contributed by atoms with Gasteiger partial charge < -0.3 is 10.1 Å². The van der Waals surface area contributed by atoms with Gasteiger partial charge in [0.2, 0.25) is 5.91 Å². The Morgan fingerprint density at radius 2 is 2.15 bits per heavy atom. The average molecular weight is 394 g/mol. The molecule has 4 rings (SSSR count). The fourth-order valence-electron chi connectivity index (χ4n) is 4.17. The van der Waals surface area contributed by atoms with Crippen LogP contribution in [0.15, 0.2) is 18.2 Å². The third-order valence-electron chi connectivity index (χ3n) is 5.45. The topological polar surface area (TPSA) is 54.5 Å². The van der Waals surface area contributed by atoms with Crippen LogP contribution in [0.2, 0.25) is 5.02 Å². The molecule has 140 valence electrons. The van der Waals surface area contributed by atoms with Crippen molar-refractivity contribution < 1.29 is 9.53 Å². The summed E-state index contributed by atoms with van der Waals surface area (Å²) >= 11 is 7.46. The van der Waals surface area contributed by atoms with E-state index < -0.39 is 0 Å². The molecule has 0 unspecified atom stereocenters. The summed E-state index contributed by atoms with van der Waals surface area (Å²) in [6.07, 6.45) is 3.32. The molecule has 1 aromatic carbocycles. The van der Waals surface area contributed by atoms with E-state index in [-0.39, 0.29) is 11.5 Å². The number of carbonyl (C=O) groups excluding carboxylic acids is 1. The Labute approximate surface area is 162 Å². The Hall–Kier alpha value is -1.21. The molecule has 2 aliphatic rings. The molecular formula is C19H24ClN3O2S. The highest BCUT2D eigenvalue weighted by Gasteiger charge is 2.45. The van der Waals surface area contributed by atoms with Crippen LogP contribution in [-0.2, 0) is 9.53 Å². The van der Waals surface area contributed by atoms with Gasteiger partial charge in [0.25, 0.3) is 0 Å². The molecule has 2 fully saturated rings. The molecular weight excluding hydrogens is 370 g/mol. The minimum absolute atomic E-state index is 0.00467. The number of hydrogen-bond acceptors (Lipinski definition) is 5. The molecule has 0 radical (unpaired) electrons. The van der Waals surface area contributed by atoms with E-state index >= 15 is 0 Å². The van der Waals surface area contributed by atoms with Gasteiger partial charge in [-0.3, -0.25) is 9.69 Å². The minimum Gasteiger partial charge on any atom is -0.375 e. The summed E-state index contributed by atoms with van der Waals surface area (Å²) in [5.41, 5.74) is 1.16. The lowest BCUT2D eigenvalue weighted by Crippen LogP contribution is -2.44. The SMILES string of the molecule is CC1(C)CC2(CCN(CC(=O)Nc3nc4ccc(Cl)cc4s3)CC2)CO1. The molecule has 0 aliphatic carbocycles. The van der Waals surface area contributed by atoms with Gasteiger partial charge >= 0.3 is 0 Å². The number of amides is 1. The molecule has 1 spiro atoms. The number of piperidine rings is 1. The van der Waals surface area contributed by atoms with Gasteiger partial charge in [0.15, 0.2) is 5.13 Å². The van der Waals surface area contributed by atoms with Gasteiger partial charge in [0.1, 0.15) is 0 Å². The predicted molar refractivity (Wildman–Crippen MR) is 106 cm³/mol. The number of carbonyl (C=O) groups is 1. The molecule has 2 aliphatic heterocycles. The van der Waals surface area contributed by atoms with E-state index in [2.05, 4.69) is 29.0 Å². The molecule has 0 bridgehead atoms. The number of aromatic nitrogens is 1. The number of thiazole rings is 1. The number of anilines is 1. The average Bonchev–Trinajstić information content (AvgIpc) is 3.09. The van der Waals surface area contributed by atoms with E-state index in [4.69, 9.17) is 16.3 Å². The Kier molecular flexibility index (Phi) is 4.72. The second-order valence-electron chi connectivity index (χ2n) is 8.18. The minimum atomic E-state index is -0.00546. The number of halogens is 1. The number of likely N-dealkylation sites (tertiary alicyclic amines) is 1. The summed E-state index contributed by atoms with van der Waals surface area (Å²) in [5.74, 6) is -0.00546. The van der Waals surface area contributed by atoms with E-state index in [1.54, 1.807) is 0 Å². The normalized spacial score (nSPS) is 22.1. The third kappa shape index (κ3) is 3.88. The highest BCUT2D eigenvalue weighted by Crippen LogP contribution is 2.46. The summed E-state index contributed by atoms with van der Waals surface area (Å²) in [7, 11) is 0. The number of ether oxygens (including phenoxy) is 1. The lowest BCUT2D eigenvalue weighted by atomic mass is 9.74. The predicted octanol–water partition coefficient (Wildman–Crippen LogP) is 4.17. The second-order valence-corrected chi connectivity index (χ2v) is 9.65. The van der Waals surface area contributed by atoms with Gasteiger partial charge in [0, 0.05) is 5.02 Å². The summed E-state index contributed by atoms with van der Waals surface area (Å²) < 4.78 is 6.93. The number of hydrogen-bond donors (Lipinski definition) is 1. The smallest absolute Gasteiger partial charge is 0.240 e. The zero-order valence-electron chi connectivity index (χ0n) is 15.2. The zero-order chi connectivity index (χ0) is 18.4. The van der Waals surface area contributed by atoms with Crippen molar-refractivity contribution in [2.24, 2.45) is 5.41 Å². The van der Waals surface area contributed by atoms with Crippen molar-refractivity contribution in [1.29, 1.82) is 0 Å². The lowest BCUT2D eigenvalue weighted by molar-refractivity contribution is -0.117. The third-order valence-corrected chi connectivity index (χ3v) is 6.62. The van der Waals surface area contributed by atoms with E-state index in [9.17, 15) is 4.79 Å². The molecule has 26 heavy (non-hydrogen) atoms. The number of nitrogens with one attached hydrogen (secondary N) is 1. The molecule has 1 amide bonds. The number of nitrogens with zero attached hydrogens (tertiary/aromatic N) is 2. The zero-order valence-corrected chi connectivity index (χ0v) is 16.8. The maximum absolute atomic E-state index is 12.4. The van der Waals surface area contributed by atoms with Gasteiger partial charge in [-0.05, 0) is 69.8 Å².